The third-order valence-electron chi connectivity index (χ3n) is 2.83. The Balaban J connectivity index is 2.36. The van der Waals surface area contributed by atoms with E-state index in [0.717, 1.165) is 11.0 Å². The van der Waals surface area contributed by atoms with Gasteiger partial charge < -0.3 is 4.90 Å². The minimum absolute atomic E-state index is 0.0145. The van der Waals surface area contributed by atoms with Crippen molar-refractivity contribution in [1.82, 2.24) is 0 Å². The molecule has 2 rings (SSSR count). The Morgan fingerprint density at radius 2 is 1.84 bits per heavy atom. The van der Waals surface area contributed by atoms with Crippen molar-refractivity contribution in [2.24, 2.45) is 0 Å². The van der Waals surface area contributed by atoms with E-state index in [1.165, 1.54) is 0 Å². The Hall–Kier alpha value is -1.92. The molecule has 0 radical (unpaired) electrons. The highest BCUT2D eigenvalue weighted by Crippen LogP contribution is 2.34. The van der Waals surface area contributed by atoms with E-state index in [9.17, 15) is 27.2 Å². The van der Waals surface area contributed by atoms with Crippen LogP contribution in [0, 0.1) is 5.82 Å². The van der Waals surface area contributed by atoms with E-state index in [2.05, 4.69) is 0 Å². The van der Waals surface area contributed by atoms with Crippen LogP contribution < -0.4 is 4.90 Å². The first-order valence-corrected chi connectivity index (χ1v) is 5.48. The molecule has 1 saturated heterocycles. The zero-order chi connectivity index (χ0) is 14.2. The number of alkyl halides is 3. The van der Waals surface area contributed by atoms with Crippen LogP contribution in [0.1, 0.15) is 18.4 Å². The van der Waals surface area contributed by atoms with E-state index < -0.39 is 23.5 Å². The Morgan fingerprint density at radius 3 is 2.42 bits per heavy atom. The van der Waals surface area contributed by atoms with E-state index in [1.54, 1.807) is 0 Å². The summed E-state index contributed by atoms with van der Waals surface area (Å²) in [4.78, 5) is 23.7. The van der Waals surface area contributed by atoms with Gasteiger partial charge in [0.2, 0.25) is 5.91 Å². The number of rotatable bonds is 1. The summed E-state index contributed by atoms with van der Waals surface area (Å²) in [5.41, 5.74) is -1.47. The second-order valence-electron chi connectivity index (χ2n) is 4.17. The Kier molecular flexibility index (Phi) is 3.30. The van der Waals surface area contributed by atoms with Crippen LogP contribution in [0.2, 0.25) is 0 Å². The first-order chi connectivity index (χ1) is 8.79. The maximum Gasteiger partial charge on any atom is 0.419 e. The van der Waals surface area contributed by atoms with Gasteiger partial charge in [-0.2, -0.15) is 13.2 Å². The topological polar surface area (TPSA) is 37.4 Å². The first kappa shape index (κ1) is 13.5. The van der Waals surface area contributed by atoms with E-state index in [0.29, 0.717) is 12.1 Å². The van der Waals surface area contributed by atoms with Gasteiger partial charge in [-0.25, -0.2) is 4.39 Å². The molecule has 0 spiro atoms. The molecule has 0 atom stereocenters. The molecule has 0 N–H and O–H groups in total. The standard InChI is InChI=1S/C12H9F4NO2/c13-10-2-1-7(5-9(10)12(14,15)16)17-4-3-8(18)6-11(17)19/h1-2,5H,3-4,6H2. The number of anilines is 1. The number of carbonyl (C=O) groups excluding carboxylic acids is 2. The molecule has 7 heteroatoms. The van der Waals surface area contributed by atoms with Crippen molar-refractivity contribution in [2.45, 2.75) is 19.0 Å². The molecule has 3 nitrogen and oxygen atoms in total. The lowest BCUT2D eigenvalue weighted by Crippen LogP contribution is -2.39. The number of piperidine rings is 1. The Bertz CT molecular complexity index is 539. The predicted octanol–water partition coefficient (Wildman–Crippen LogP) is 2.54. The van der Waals surface area contributed by atoms with Gasteiger partial charge in [-0.15, -0.1) is 0 Å². The number of hydrogen-bond donors (Lipinski definition) is 0. The molecule has 0 bridgehead atoms. The molecule has 0 unspecified atom stereocenters. The summed E-state index contributed by atoms with van der Waals surface area (Å²) in [6.07, 6.45) is -5.07. The Labute approximate surface area is 105 Å². The molecule has 1 fully saturated rings. The molecular weight excluding hydrogens is 266 g/mol. The number of carbonyl (C=O) groups is 2. The van der Waals surface area contributed by atoms with Crippen LogP contribution in [0.15, 0.2) is 18.2 Å². The number of amides is 1. The lowest BCUT2D eigenvalue weighted by molar-refractivity contribution is -0.140. The highest BCUT2D eigenvalue weighted by Gasteiger charge is 2.35. The normalized spacial score (nSPS) is 16.9. The van der Waals surface area contributed by atoms with Gasteiger partial charge in [-0.05, 0) is 18.2 Å². The largest absolute Gasteiger partial charge is 0.419 e. The van der Waals surface area contributed by atoms with Gasteiger partial charge in [0, 0.05) is 18.7 Å². The molecule has 0 aliphatic carbocycles. The van der Waals surface area contributed by atoms with Crippen LogP contribution in [0.4, 0.5) is 23.2 Å². The summed E-state index contributed by atoms with van der Waals surface area (Å²) >= 11 is 0. The maximum absolute atomic E-state index is 13.1. The van der Waals surface area contributed by atoms with Crippen LogP contribution >= 0.6 is 0 Å². The van der Waals surface area contributed by atoms with Crippen molar-refractivity contribution >= 4 is 17.4 Å². The monoisotopic (exact) mass is 275 g/mol. The molecule has 102 valence electrons. The molecule has 0 aromatic heterocycles. The Morgan fingerprint density at radius 1 is 1.16 bits per heavy atom. The number of Topliss-reactive ketones (excluding diaryl/α,β-unsaturated/α-hetero) is 1. The van der Waals surface area contributed by atoms with E-state index >= 15 is 0 Å². The zero-order valence-corrected chi connectivity index (χ0v) is 9.63. The minimum Gasteiger partial charge on any atom is -0.312 e. The third-order valence-corrected chi connectivity index (χ3v) is 2.83. The van der Waals surface area contributed by atoms with E-state index in [4.69, 9.17) is 0 Å². The maximum atomic E-state index is 13.1. The van der Waals surface area contributed by atoms with Crippen LogP contribution in [-0.2, 0) is 15.8 Å². The molecule has 1 aliphatic rings. The van der Waals surface area contributed by atoms with Gasteiger partial charge in [0.15, 0.2) is 0 Å². The zero-order valence-electron chi connectivity index (χ0n) is 9.63. The summed E-state index contributed by atoms with van der Waals surface area (Å²) in [6.45, 7) is 0.0145. The van der Waals surface area contributed by atoms with Crippen molar-refractivity contribution in [3.05, 3.63) is 29.6 Å². The number of ketones is 1. The number of nitrogens with zero attached hydrogens (tertiary/aromatic N) is 1. The fourth-order valence-corrected chi connectivity index (χ4v) is 1.89. The second kappa shape index (κ2) is 4.64. The summed E-state index contributed by atoms with van der Waals surface area (Å²) in [7, 11) is 0. The predicted molar refractivity (Wildman–Crippen MR) is 58.0 cm³/mol. The van der Waals surface area contributed by atoms with Crippen LogP contribution in [0.5, 0.6) is 0 Å². The first-order valence-electron chi connectivity index (χ1n) is 5.48. The highest BCUT2D eigenvalue weighted by atomic mass is 19.4. The molecular formula is C12H9F4NO2. The second-order valence-corrected chi connectivity index (χ2v) is 4.17. The average molecular weight is 275 g/mol. The number of halogens is 4. The van der Waals surface area contributed by atoms with Crippen molar-refractivity contribution in [1.29, 1.82) is 0 Å². The van der Waals surface area contributed by atoms with Gasteiger partial charge >= 0.3 is 6.18 Å². The van der Waals surface area contributed by atoms with Crippen molar-refractivity contribution in [3.8, 4) is 0 Å². The SMILES string of the molecule is O=C1CCN(c2ccc(F)c(C(F)(F)F)c2)C(=O)C1. The minimum atomic E-state index is -4.82. The van der Waals surface area contributed by atoms with Crippen molar-refractivity contribution in [3.63, 3.8) is 0 Å². The lowest BCUT2D eigenvalue weighted by Gasteiger charge is -2.26. The third kappa shape index (κ3) is 2.74. The quantitative estimate of drug-likeness (QED) is 0.583. The van der Waals surface area contributed by atoms with Crippen molar-refractivity contribution in [2.75, 3.05) is 11.4 Å². The fraction of sp³-hybridized carbons (Fsp3) is 0.333. The van der Waals surface area contributed by atoms with Gasteiger partial charge in [0.1, 0.15) is 11.6 Å². The summed E-state index contributed by atoms with van der Waals surface area (Å²) in [6, 6.07) is 2.35. The fourth-order valence-electron chi connectivity index (χ4n) is 1.89. The van der Waals surface area contributed by atoms with E-state index in [-0.39, 0.29) is 30.9 Å². The van der Waals surface area contributed by atoms with Gasteiger partial charge in [-0.1, -0.05) is 0 Å². The molecule has 1 aromatic carbocycles. The van der Waals surface area contributed by atoms with Crippen LogP contribution in [0.3, 0.4) is 0 Å². The average Bonchev–Trinajstić information content (AvgIpc) is 2.29. The molecule has 1 aromatic rings. The van der Waals surface area contributed by atoms with E-state index in [1.807, 2.05) is 0 Å². The van der Waals surface area contributed by atoms with Crippen LogP contribution in [0.25, 0.3) is 0 Å². The van der Waals surface area contributed by atoms with Crippen molar-refractivity contribution < 1.29 is 27.2 Å². The summed E-state index contributed by atoms with van der Waals surface area (Å²) in [5.74, 6) is -2.22. The highest BCUT2D eigenvalue weighted by molar-refractivity contribution is 6.08. The molecule has 0 saturated carbocycles. The van der Waals surface area contributed by atoms with Gasteiger partial charge in [-0.3, -0.25) is 9.59 Å². The lowest BCUT2D eigenvalue weighted by atomic mass is 10.1. The van der Waals surface area contributed by atoms with Gasteiger partial charge in [0.25, 0.3) is 0 Å². The van der Waals surface area contributed by atoms with Gasteiger partial charge in [0.05, 0.1) is 12.0 Å². The van der Waals surface area contributed by atoms with Crippen LogP contribution in [-0.4, -0.2) is 18.2 Å². The summed E-state index contributed by atoms with van der Waals surface area (Å²) in [5, 5.41) is 0. The number of hydrogen-bond acceptors (Lipinski definition) is 2. The number of benzene rings is 1. The molecule has 1 heterocycles. The molecule has 1 aliphatic heterocycles. The smallest absolute Gasteiger partial charge is 0.312 e. The summed E-state index contributed by atoms with van der Waals surface area (Å²) < 4.78 is 50.8. The molecule has 1 amide bonds. The molecule has 19 heavy (non-hydrogen) atoms.